The second kappa shape index (κ2) is 8.61. The van der Waals surface area contributed by atoms with Gasteiger partial charge < -0.3 is 14.6 Å². The van der Waals surface area contributed by atoms with E-state index in [4.69, 9.17) is 9.26 Å². The smallest absolute Gasteiger partial charge is 0.229 e. The molecule has 0 saturated carbocycles. The predicted molar refractivity (Wildman–Crippen MR) is 98.5 cm³/mol. The molecule has 8 nitrogen and oxygen atoms in total. The van der Waals surface area contributed by atoms with E-state index in [-0.39, 0.29) is 0 Å². The number of pyridine rings is 1. The Labute approximate surface area is 156 Å². The van der Waals surface area contributed by atoms with Crippen molar-refractivity contribution < 1.29 is 9.26 Å². The highest BCUT2D eigenvalue weighted by Gasteiger charge is 2.22. The highest BCUT2D eigenvalue weighted by atomic mass is 32.2. The third-order valence-corrected chi connectivity index (χ3v) is 5.34. The molecule has 0 atom stereocenters. The zero-order chi connectivity index (χ0) is 17.6. The minimum atomic E-state index is 0.334. The highest BCUT2D eigenvalue weighted by Crippen LogP contribution is 2.26. The lowest BCUT2D eigenvalue weighted by molar-refractivity contribution is 0.0778. The Morgan fingerprint density at radius 2 is 2.23 bits per heavy atom. The first-order valence-corrected chi connectivity index (χ1v) is 9.78. The van der Waals surface area contributed by atoms with Gasteiger partial charge in [-0.05, 0) is 24.5 Å². The summed E-state index contributed by atoms with van der Waals surface area (Å²) in [6.07, 6.45) is 5.59. The summed E-state index contributed by atoms with van der Waals surface area (Å²) in [5, 5.41) is 8.37. The lowest BCUT2D eigenvalue weighted by Gasteiger charge is -2.26. The molecule has 138 valence electrons. The Balaban J connectivity index is 1.24. The summed E-state index contributed by atoms with van der Waals surface area (Å²) in [7, 11) is 0. The lowest BCUT2D eigenvalue weighted by Crippen LogP contribution is -2.41. The van der Waals surface area contributed by atoms with Crippen LogP contribution < -0.4 is 5.32 Å². The third-order valence-electron chi connectivity index (χ3n) is 4.39. The molecule has 4 rings (SSSR count). The number of thioether (sulfide) groups is 1. The molecule has 2 aromatic rings. The maximum atomic E-state index is 5.42. The molecule has 0 aromatic carbocycles. The number of nitrogens with zero attached hydrogens (tertiary/aromatic N) is 5. The Kier molecular flexibility index (Phi) is 5.78. The second-order valence-corrected chi connectivity index (χ2v) is 7.32. The number of aliphatic imine (C=N–C) groups is 1. The minimum absolute atomic E-state index is 0.334. The Bertz CT molecular complexity index is 732. The van der Waals surface area contributed by atoms with Gasteiger partial charge in [0.2, 0.25) is 5.89 Å². The maximum absolute atomic E-state index is 5.42. The van der Waals surface area contributed by atoms with Crippen molar-refractivity contribution >= 4 is 16.9 Å². The Morgan fingerprint density at radius 1 is 1.31 bits per heavy atom. The Hall–Kier alpha value is -1.97. The van der Waals surface area contributed by atoms with Gasteiger partial charge in [-0.25, -0.2) is 4.99 Å². The van der Waals surface area contributed by atoms with E-state index in [9.17, 15) is 0 Å². The molecule has 2 aromatic heterocycles. The van der Waals surface area contributed by atoms with Crippen LogP contribution in [0.25, 0.3) is 0 Å². The topological polar surface area (TPSA) is 88.7 Å². The number of nitrogens with one attached hydrogen (secondary N) is 1. The highest BCUT2D eigenvalue weighted by molar-refractivity contribution is 8.13. The van der Waals surface area contributed by atoms with Crippen molar-refractivity contribution in [2.75, 3.05) is 26.6 Å². The van der Waals surface area contributed by atoms with Gasteiger partial charge in [-0.15, -0.1) is 0 Å². The van der Waals surface area contributed by atoms with Crippen LogP contribution in [0.3, 0.4) is 0 Å². The lowest BCUT2D eigenvalue weighted by atomic mass is 10.0. The van der Waals surface area contributed by atoms with Crippen LogP contribution in [-0.2, 0) is 17.0 Å². The van der Waals surface area contributed by atoms with E-state index in [2.05, 4.69) is 36.4 Å². The van der Waals surface area contributed by atoms with Crippen LogP contribution in [0.15, 0.2) is 34.0 Å². The van der Waals surface area contributed by atoms with Gasteiger partial charge in [-0.1, -0.05) is 23.0 Å². The number of aromatic nitrogens is 3. The van der Waals surface area contributed by atoms with Crippen LogP contribution >= 0.6 is 11.8 Å². The molecule has 26 heavy (non-hydrogen) atoms. The van der Waals surface area contributed by atoms with Crippen LogP contribution in [0.4, 0.5) is 0 Å². The van der Waals surface area contributed by atoms with E-state index in [1.807, 2.05) is 12.3 Å². The standard InChI is InChI=1S/C17H22N6O2S/c1-2-13(8-18-5-1)9-23-11-19-17(20-12-23)26-10-15-21-16(25-22-15)14-3-6-24-7-4-14/h1-2,5,8,14H,3-4,6-7,9-12H2,(H,19,20). The summed E-state index contributed by atoms with van der Waals surface area (Å²) < 4.78 is 10.8. The van der Waals surface area contributed by atoms with Crippen molar-refractivity contribution in [3.63, 3.8) is 0 Å². The van der Waals surface area contributed by atoms with Crippen molar-refractivity contribution in [3.05, 3.63) is 41.8 Å². The molecule has 9 heteroatoms. The summed E-state index contributed by atoms with van der Waals surface area (Å²) in [6, 6.07) is 4.03. The fourth-order valence-electron chi connectivity index (χ4n) is 2.97. The largest absolute Gasteiger partial charge is 0.381 e. The van der Waals surface area contributed by atoms with E-state index in [1.54, 1.807) is 18.0 Å². The number of hydrogen-bond acceptors (Lipinski definition) is 9. The SMILES string of the molecule is c1cncc(CN2CN=C(SCc3noc(C4CCOCC4)n3)NC2)c1. The van der Waals surface area contributed by atoms with Crippen LogP contribution in [0.2, 0.25) is 0 Å². The molecule has 0 unspecified atom stereocenters. The summed E-state index contributed by atoms with van der Waals surface area (Å²) in [5.74, 6) is 2.45. The molecule has 0 aliphatic carbocycles. The van der Waals surface area contributed by atoms with Gasteiger partial charge in [0.15, 0.2) is 11.0 Å². The molecule has 0 radical (unpaired) electrons. The number of ether oxygens (including phenoxy) is 1. The number of amidine groups is 1. The molecule has 2 aliphatic heterocycles. The van der Waals surface area contributed by atoms with Crippen LogP contribution in [0.1, 0.15) is 36.0 Å². The van der Waals surface area contributed by atoms with E-state index in [0.717, 1.165) is 56.2 Å². The van der Waals surface area contributed by atoms with Crippen molar-refractivity contribution in [3.8, 4) is 0 Å². The molecule has 0 bridgehead atoms. The summed E-state index contributed by atoms with van der Waals surface area (Å²) in [4.78, 5) is 15.5. The quantitative estimate of drug-likeness (QED) is 0.850. The summed E-state index contributed by atoms with van der Waals surface area (Å²) in [5.41, 5.74) is 1.19. The third kappa shape index (κ3) is 4.60. The maximum Gasteiger partial charge on any atom is 0.229 e. The van der Waals surface area contributed by atoms with Gasteiger partial charge in [-0.3, -0.25) is 9.88 Å². The zero-order valence-electron chi connectivity index (χ0n) is 14.5. The molecule has 0 amide bonds. The number of hydrogen-bond donors (Lipinski definition) is 1. The molecular formula is C17H22N6O2S. The first kappa shape index (κ1) is 17.4. The monoisotopic (exact) mass is 374 g/mol. The summed E-state index contributed by atoms with van der Waals surface area (Å²) in [6.45, 7) is 3.81. The van der Waals surface area contributed by atoms with E-state index < -0.39 is 0 Å². The van der Waals surface area contributed by atoms with Crippen LogP contribution in [0.5, 0.6) is 0 Å². The fourth-order valence-corrected chi connectivity index (χ4v) is 3.67. The normalized spacial score (nSPS) is 19.2. The molecule has 1 N–H and O–H groups in total. The Morgan fingerprint density at radius 3 is 3.00 bits per heavy atom. The van der Waals surface area contributed by atoms with E-state index in [0.29, 0.717) is 18.3 Å². The van der Waals surface area contributed by atoms with Crippen molar-refractivity contribution in [1.29, 1.82) is 0 Å². The molecular weight excluding hydrogens is 352 g/mol. The molecule has 4 heterocycles. The first-order valence-electron chi connectivity index (χ1n) is 8.79. The molecule has 1 fully saturated rings. The van der Waals surface area contributed by atoms with Gasteiger partial charge in [-0.2, -0.15) is 4.98 Å². The van der Waals surface area contributed by atoms with Gasteiger partial charge >= 0.3 is 0 Å². The van der Waals surface area contributed by atoms with Crippen LogP contribution in [0, 0.1) is 0 Å². The van der Waals surface area contributed by atoms with Crippen molar-refractivity contribution in [1.82, 2.24) is 25.3 Å². The minimum Gasteiger partial charge on any atom is -0.381 e. The van der Waals surface area contributed by atoms with Gasteiger partial charge in [0, 0.05) is 38.1 Å². The van der Waals surface area contributed by atoms with Gasteiger partial charge in [0.05, 0.1) is 19.1 Å². The molecule has 0 spiro atoms. The average Bonchev–Trinajstić information content (AvgIpc) is 3.18. The van der Waals surface area contributed by atoms with Gasteiger partial charge in [0.25, 0.3) is 0 Å². The molecule has 1 saturated heterocycles. The fraction of sp³-hybridized carbons (Fsp3) is 0.529. The number of rotatable bonds is 5. The average molecular weight is 374 g/mol. The first-order chi connectivity index (χ1) is 12.9. The zero-order valence-corrected chi connectivity index (χ0v) is 15.3. The van der Waals surface area contributed by atoms with Crippen LogP contribution in [-0.4, -0.2) is 51.7 Å². The van der Waals surface area contributed by atoms with Crippen molar-refractivity contribution in [2.24, 2.45) is 4.99 Å². The second-order valence-electron chi connectivity index (χ2n) is 6.35. The summed E-state index contributed by atoms with van der Waals surface area (Å²) >= 11 is 1.61. The molecule has 2 aliphatic rings. The van der Waals surface area contributed by atoms with Crippen molar-refractivity contribution in [2.45, 2.75) is 31.1 Å². The van der Waals surface area contributed by atoms with E-state index in [1.165, 1.54) is 5.56 Å². The van der Waals surface area contributed by atoms with Gasteiger partial charge in [0.1, 0.15) is 0 Å². The predicted octanol–water partition coefficient (Wildman–Crippen LogP) is 1.97. The van der Waals surface area contributed by atoms with E-state index >= 15 is 0 Å².